The molecular weight excluding hydrogens is 219 g/mol. The van der Waals surface area contributed by atoms with Gasteiger partial charge in [-0.3, -0.25) is 4.68 Å². The molecule has 6 heteroatoms. The Morgan fingerprint density at radius 3 is 2.50 bits per heavy atom. The first kappa shape index (κ1) is 13.0. The number of hydrogen-bond donors (Lipinski definition) is 1. The van der Waals surface area contributed by atoms with Gasteiger partial charge in [-0.15, -0.1) is 0 Å². The van der Waals surface area contributed by atoms with Gasteiger partial charge >= 0.3 is 6.18 Å². The highest BCUT2D eigenvalue weighted by molar-refractivity contribution is 5.20. The molecule has 16 heavy (non-hydrogen) atoms. The third kappa shape index (κ3) is 2.98. The monoisotopic (exact) mass is 235 g/mol. The first-order valence-electron chi connectivity index (χ1n) is 5.21. The molecule has 3 nitrogen and oxygen atoms in total. The Kier molecular flexibility index (Phi) is 3.96. The molecule has 0 aliphatic rings. The summed E-state index contributed by atoms with van der Waals surface area (Å²) in [4.78, 5) is 0. The molecule has 0 aliphatic heterocycles. The Morgan fingerprint density at radius 2 is 2.06 bits per heavy atom. The summed E-state index contributed by atoms with van der Waals surface area (Å²) in [5, 5.41) is 6.69. The van der Waals surface area contributed by atoms with E-state index in [-0.39, 0.29) is 24.7 Å². The maximum atomic E-state index is 12.8. The second-order valence-electron chi connectivity index (χ2n) is 3.87. The zero-order valence-electron chi connectivity index (χ0n) is 9.60. The SMILES string of the molecule is CCn1ncc(CNC(C)C)c1C(F)(F)F. The van der Waals surface area contributed by atoms with Crippen molar-refractivity contribution in [2.75, 3.05) is 0 Å². The van der Waals surface area contributed by atoms with E-state index in [2.05, 4.69) is 10.4 Å². The molecule has 0 aliphatic carbocycles. The van der Waals surface area contributed by atoms with E-state index in [0.29, 0.717) is 0 Å². The van der Waals surface area contributed by atoms with Crippen LogP contribution < -0.4 is 5.32 Å². The fraction of sp³-hybridized carbons (Fsp3) is 0.700. The molecule has 92 valence electrons. The van der Waals surface area contributed by atoms with Crippen molar-refractivity contribution in [3.63, 3.8) is 0 Å². The maximum Gasteiger partial charge on any atom is 0.433 e. The molecule has 1 N–H and O–H groups in total. The zero-order chi connectivity index (χ0) is 12.3. The molecule has 1 aromatic heterocycles. The second kappa shape index (κ2) is 4.86. The summed E-state index contributed by atoms with van der Waals surface area (Å²) in [6, 6.07) is 0.145. The van der Waals surface area contributed by atoms with Gasteiger partial charge in [0.05, 0.1) is 6.20 Å². The molecule has 0 saturated heterocycles. The smallest absolute Gasteiger partial charge is 0.310 e. The third-order valence-electron chi connectivity index (χ3n) is 2.18. The molecule has 0 amide bonds. The lowest BCUT2D eigenvalue weighted by Gasteiger charge is -2.13. The van der Waals surface area contributed by atoms with Crippen molar-refractivity contribution < 1.29 is 13.2 Å². The van der Waals surface area contributed by atoms with Gasteiger partial charge in [0, 0.05) is 24.7 Å². The number of hydrogen-bond acceptors (Lipinski definition) is 2. The van der Waals surface area contributed by atoms with Crippen molar-refractivity contribution in [3.8, 4) is 0 Å². The summed E-state index contributed by atoms with van der Waals surface area (Å²) >= 11 is 0. The first-order valence-corrected chi connectivity index (χ1v) is 5.21. The summed E-state index contributed by atoms with van der Waals surface area (Å²) in [6.07, 6.45) is -3.07. The molecule has 0 fully saturated rings. The van der Waals surface area contributed by atoms with Crippen molar-refractivity contribution in [3.05, 3.63) is 17.5 Å². The third-order valence-corrected chi connectivity index (χ3v) is 2.18. The van der Waals surface area contributed by atoms with Crippen LogP contribution in [0.25, 0.3) is 0 Å². The van der Waals surface area contributed by atoms with Crippen LogP contribution in [0.1, 0.15) is 32.0 Å². The quantitative estimate of drug-likeness (QED) is 0.868. The van der Waals surface area contributed by atoms with Crippen molar-refractivity contribution in [1.29, 1.82) is 0 Å². The lowest BCUT2D eigenvalue weighted by Crippen LogP contribution is -2.24. The Hall–Kier alpha value is -1.04. The van der Waals surface area contributed by atoms with E-state index in [1.54, 1.807) is 6.92 Å². The molecule has 0 atom stereocenters. The van der Waals surface area contributed by atoms with Gasteiger partial charge in [0.15, 0.2) is 0 Å². The standard InChI is InChI=1S/C10H16F3N3/c1-4-16-9(10(11,12)13)8(6-15-16)5-14-7(2)3/h6-7,14H,4-5H2,1-3H3. The Labute approximate surface area is 92.6 Å². The molecule has 0 aromatic carbocycles. The summed E-state index contributed by atoms with van der Waals surface area (Å²) in [5.41, 5.74) is -0.453. The van der Waals surface area contributed by atoms with Gasteiger partial charge in [-0.25, -0.2) is 0 Å². The van der Waals surface area contributed by atoms with Gasteiger partial charge in [0.25, 0.3) is 0 Å². The minimum absolute atomic E-state index is 0.145. The van der Waals surface area contributed by atoms with Gasteiger partial charge in [-0.1, -0.05) is 13.8 Å². The number of aromatic nitrogens is 2. The summed E-state index contributed by atoms with van der Waals surface area (Å²) in [6.45, 7) is 5.82. The molecule has 1 heterocycles. The van der Waals surface area contributed by atoms with E-state index < -0.39 is 11.9 Å². The van der Waals surface area contributed by atoms with Crippen molar-refractivity contribution in [2.24, 2.45) is 0 Å². The van der Waals surface area contributed by atoms with E-state index in [9.17, 15) is 13.2 Å². The molecule has 0 bridgehead atoms. The van der Waals surface area contributed by atoms with Crippen LogP contribution in [-0.4, -0.2) is 15.8 Å². The highest BCUT2D eigenvalue weighted by Crippen LogP contribution is 2.31. The van der Waals surface area contributed by atoms with Gasteiger partial charge in [0.2, 0.25) is 0 Å². The number of nitrogens with zero attached hydrogens (tertiary/aromatic N) is 2. The van der Waals surface area contributed by atoms with Crippen LogP contribution in [0.15, 0.2) is 6.20 Å². The highest BCUT2D eigenvalue weighted by Gasteiger charge is 2.37. The van der Waals surface area contributed by atoms with Gasteiger partial charge in [-0.2, -0.15) is 18.3 Å². The number of rotatable bonds is 4. The molecule has 0 radical (unpaired) electrons. The van der Waals surface area contributed by atoms with Crippen LogP contribution in [0.5, 0.6) is 0 Å². The minimum Gasteiger partial charge on any atom is -0.310 e. The average Bonchev–Trinajstić information content (AvgIpc) is 2.56. The van der Waals surface area contributed by atoms with Crippen LogP contribution in [0.2, 0.25) is 0 Å². The van der Waals surface area contributed by atoms with E-state index in [1.165, 1.54) is 6.20 Å². The van der Waals surface area contributed by atoms with Gasteiger partial charge < -0.3 is 5.32 Å². The Morgan fingerprint density at radius 1 is 1.44 bits per heavy atom. The Bertz CT molecular complexity index is 342. The largest absolute Gasteiger partial charge is 0.433 e. The molecule has 0 unspecified atom stereocenters. The predicted octanol–water partition coefficient (Wildman–Crippen LogP) is 2.42. The number of nitrogens with one attached hydrogen (secondary N) is 1. The zero-order valence-corrected chi connectivity index (χ0v) is 9.60. The van der Waals surface area contributed by atoms with E-state index in [4.69, 9.17) is 0 Å². The number of aryl methyl sites for hydroxylation is 1. The lowest BCUT2D eigenvalue weighted by molar-refractivity contribution is -0.144. The second-order valence-corrected chi connectivity index (χ2v) is 3.87. The van der Waals surface area contributed by atoms with Crippen LogP contribution in [0, 0.1) is 0 Å². The van der Waals surface area contributed by atoms with E-state index >= 15 is 0 Å². The average molecular weight is 235 g/mol. The van der Waals surface area contributed by atoms with Crippen molar-refractivity contribution >= 4 is 0 Å². The summed E-state index contributed by atoms with van der Waals surface area (Å²) < 4.78 is 39.3. The fourth-order valence-electron chi connectivity index (χ4n) is 1.44. The molecule has 0 spiro atoms. The highest BCUT2D eigenvalue weighted by atomic mass is 19.4. The maximum absolute atomic E-state index is 12.8. The van der Waals surface area contributed by atoms with E-state index in [0.717, 1.165) is 4.68 Å². The van der Waals surface area contributed by atoms with Gasteiger partial charge in [0.1, 0.15) is 5.69 Å². The predicted molar refractivity (Wildman–Crippen MR) is 54.9 cm³/mol. The fourth-order valence-corrected chi connectivity index (χ4v) is 1.44. The number of halogens is 3. The molecule has 0 saturated carbocycles. The van der Waals surface area contributed by atoms with Crippen molar-refractivity contribution in [2.45, 2.75) is 46.1 Å². The van der Waals surface area contributed by atoms with E-state index in [1.807, 2.05) is 13.8 Å². The Balaban J connectivity index is 2.96. The summed E-state index contributed by atoms with van der Waals surface area (Å²) in [5.74, 6) is 0. The van der Waals surface area contributed by atoms with Crippen LogP contribution in [0.3, 0.4) is 0 Å². The lowest BCUT2D eigenvalue weighted by atomic mass is 10.2. The van der Waals surface area contributed by atoms with Gasteiger partial charge in [-0.05, 0) is 6.92 Å². The van der Waals surface area contributed by atoms with Crippen LogP contribution >= 0.6 is 0 Å². The van der Waals surface area contributed by atoms with Crippen LogP contribution in [-0.2, 0) is 19.3 Å². The van der Waals surface area contributed by atoms with Crippen LogP contribution in [0.4, 0.5) is 13.2 Å². The normalized spacial score (nSPS) is 12.4. The minimum atomic E-state index is -4.35. The topological polar surface area (TPSA) is 29.9 Å². The summed E-state index contributed by atoms with van der Waals surface area (Å²) in [7, 11) is 0. The number of alkyl halides is 3. The molecule has 1 aromatic rings. The molecule has 1 rings (SSSR count). The molecular formula is C10H16F3N3. The first-order chi connectivity index (χ1) is 7.36. The van der Waals surface area contributed by atoms with Crippen molar-refractivity contribution in [1.82, 2.24) is 15.1 Å².